The van der Waals surface area contributed by atoms with E-state index in [4.69, 9.17) is 9.72 Å². The van der Waals surface area contributed by atoms with E-state index < -0.39 is 5.95 Å². The first-order chi connectivity index (χ1) is 14.2. The predicted molar refractivity (Wildman–Crippen MR) is 107 cm³/mol. The van der Waals surface area contributed by atoms with Crippen LogP contribution in [-0.2, 0) is 6.42 Å². The average Bonchev–Trinajstić information content (AvgIpc) is 3.57. The lowest BCUT2D eigenvalue weighted by Crippen LogP contribution is -2.35. The van der Waals surface area contributed by atoms with E-state index >= 15 is 0 Å². The normalized spacial score (nSPS) is 18.4. The largest absolute Gasteiger partial charge is 0.493 e. The van der Waals surface area contributed by atoms with Crippen LogP contribution < -0.4 is 9.64 Å². The molecule has 0 amide bonds. The fourth-order valence-electron chi connectivity index (χ4n) is 3.68. The Morgan fingerprint density at radius 1 is 1.17 bits per heavy atom. The van der Waals surface area contributed by atoms with Crippen molar-refractivity contribution in [1.29, 1.82) is 0 Å². The third-order valence-corrected chi connectivity index (χ3v) is 5.53. The molecule has 0 saturated heterocycles. The molecule has 29 heavy (non-hydrogen) atoms. The van der Waals surface area contributed by atoms with Crippen molar-refractivity contribution in [2.24, 2.45) is 5.92 Å². The maximum Gasteiger partial charge on any atom is 0.218 e. The van der Waals surface area contributed by atoms with E-state index in [1.54, 1.807) is 6.20 Å². The van der Waals surface area contributed by atoms with E-state index in [-0.39, 0.29) is 6.04 Å². The highest BCUT2D eigenvalue weighted by molar-refractivity contribution is 5.52. The van der Waals surface area contributed by atoms with Gasteiger partial charge in [-0.15, -0.1) is 0 Å². The molecular weight excluding hydrogens is 369 g/mol. The van der Waals surface area contributed by atoms with Crippen molar-refractivity contribution in [2.75, 3.05) is 18.1 Å². The summed E-state index contributed by atoms with van der Waals surface area (Å²) in [7, 11) is 0. The molecule has 3 aromatic heterocycles. The Morgan fingerprint density at radius 3 is 2.86 bits per heavy atom. The van der Waals surface area contributed by atoms with Crippen LogP contribution in [0.25, 0.3) is 11.5 Å². The summed E-state index contributed by atoms with van der Waals surface area (Å²) < 4.78 is 19.9. The molecule has 2 aliphatic rings. The maximum absolute atomic E-state index is 14.1. The highest BCUT2D eigenvalue weighted by atomic mass is 19.1. The van der Waals surface area contributed by atoms with Crippen molar-refractivity contribution >= 4 is 5.82 Å². The van der Waals surface area contributed by atoms with Crippen molar-refractivity contribution in [3.05, 3.63) is 59.9 Å². The molecule has 148 valence electrons. The summed E-state index contributed by atoms with van der Waals surface area (Å²) in [5, 5.41) is 0. The van der Waals surface area contributed by atoms with Gasteiger partial charge in [0.05, 0.1) is 18.3 Å². The van der Waals surface area contributed by atoms with Gasteiger partial charge in [-0.2, -0.15) is 4.39 Å². The van der Waals surface area contributed by atoms with Crippen LogP contribution in [0.3, 0.4) is 0 Å². The second kappa shape index (κ2) is 7.39. The summed E-state index contributed by atoms with van der Waals surface area (Å²) in [6, 6.07) is 8.87. The molecule has 6 nitrogen and oxygen atoms in total. The van der Waals surface area contributed by atoms with E-state index in [1.807, 2.05) is 30.5 Å². The Bertz CT molecular complexity index is 1020. The molecule has 7 heteroatoms. The molecule has 0 bridgehead atoms. The van der Waals surface area contributed by atoms with Crippen LogP contribution in [0, 0.1) is 11.9 Å². The van der Waals surface area contributed by atoms with Gasteiger partial charge in [-0.05, 0) is 37.8 Å². The number of ether oxygens (including phenoxy) is 1. The minimum Gasteiger partial charge on any atom is -0.493 e. The molecule has 1 saturated carbocycles. The third kappa shape index (κ3) is 3.77. The zero-order valence-electron chi connectivity index (χ0n) is 16.3. The van der Waals surface area contributed by atoms with Crippen LogP contribution in [0.4, 0.5) is 10.2 Å². The van der Waals surface area contributed by atoms with E-state index in [2.05, 4.69) is 26.8 Å². The van der Waals surface area contributed by atoms with Gasteiger partial charge in [0.25, 0.3) is 0 Å². The molecule has 0 N–H and O–H groups in total. The molecular formula is C22H22FN5O. The van der Waals surface area contributed by atoms with Gasteiger partial charge in [-0.3, -0.25) is 4.98 Å². The van der Waals surface area contributed by atoms with Crippen molar-refractivity contribution in [2.45, 2.75) is 32.2 Å². The van der Waals surface area contributed by atoms with Crippen molar-refractivity contribution in [3.8, 4) is 17.3 Å². The van der Waals surface area contributed by atoms with Gasteiger partial charge in [-0.25, -0.2) is 15.0 Å². The Hall–Kier alpha value is -3.09. The average molecular weight is 391 g/mol. The predicted octanol–water partition coefficient (Wildman–Crippen LogP) is 3.99. The quantitative estimate of drug-likeness (QED) is 0.613. The zero-order valence-corrected chi connectivity index (χ0v) is 16.3. The Morgan fingerprint density at radius 2 is 2.07 bits per heavy atom. The number of hydrogen-bond donors (Lipinski definition) is 0. The summed E-state index contributed by atoms with van der Waals surface area (Å²) in [6.07, 6.45) is 6.72. The number of hydrogen-bond acceptors (Lipinski definition) is 6. The zero-order chi connectivity index (χ0) is 19.8. The molecule has 3 aromatic rings. The second-order valence-corrected chi connectivity index (χ2v) is 7.67. The summed E-state index contributed by atoms with van der Waals surface area (Å²) in [5.41, 5.74) is 2.79. The lowest BCUT2D eigenvalue weighted by atomic mass is 9.99. The minimum absolute atomic E-state index is 0.0119. The molecule has 0 radical (unpaired) electrons. The Labute approximate surface area is 168 Å². The first-order valence-corrected chi connectivity index (χ1v) is 10.0. The van der Waals surface area contributed by atoms with E-state index in [9.17, 15) is 4.39 Å². The molecule has 1 aliphatic carbocycles. The van der Waals surface area contributed by atoms with Crippen LogP contribution in [-0.4, -0.2) is 33.1 Å². The number of halogens is 1. The van der Waals surface area contributed by atoms with Crippen LogP contribution in [0.5, 0.6) is 5.75 Å². The molecule has 1 atom stereocenters. The molecule has 5 rings (SSSR count). The highest BCUT2D eigenvalue weighted by Gasteiger charge is 2.28. The van der Waals surface area contributed by atoms with Gasteiger partial charge >= 0.3 is 0 Å². The monoisotopic (exact) mass is 391 g/mol. The smallest absolute Gasteiger partial charge is 0.218 e. The van der Waals surface area contributed by atoms with Crippen LogP contribution >= 0.6 is 0 Å². The standard InChI is InChI=1S/C22H22FN5O/c1-14-17-12-25-22(19-4-2-3-8-24-19)26-18(17)7-9-28(14)21-11-16(10-20(23)27-21)29-13-15-5-6-15/h2-4,8,10-12,14-15H,5-7,9,13H2,1H3. The SMILES string of the molecule is CC1c2cnc(-c3ccccn3)nc2CCN1c1cc(OCC2CC2)cc(F)n1. The number of pyridine rings is 2. The number of anilines is 1. The number of nitrogens with zero attached hydrogens (tertiary/aromatic N) is 5. The molecule has 0 spiro atoms. The number of fused-ring (bicyclic) bond motifs is 1. The number of aromatic nitrogens is 4. The fraction of sp³-hybridized carbons (Fsp3) is 0.364. The lowest BCUT2D eigenvalue weighted by Gasteiger charge is -2.35. The van der Waals surface area contributed by atoms with Crippen molar-refractivity contribution in [3.63, 3.8) is 0 Å². The van der Waals surface area contributed by atoms with Crippen LogP contribution in [0.1, 0.15) is 37.1 Å². The molecule has 1 aliphatic heterocycles. The molecule has 4 heterocycles. The lowest BCUT2D eigenvalue weighted by molar-refractivity contribution is 0.297. The Balaban J connectivity index is 1.40. The van der Waals surface area contributed by atoms with Gasteiger partial charge in [-0.1, -0.05) is 6.07 Å². The van der Waals surface area contributed by atoms with Crippen LogP contribution in [0.2, 0.25) is 0 Å². The van der Waals surface area contributed by atoms with Gasteiger partial charge in [0.1, 0.15) is 17.3 Å². The van der Waals surface area contributed by atoms with Crippen LogP contribution in [0.15, 0.2) is 42.7 Å². The Kier molecular flexibility index (Phi) is 4.58. The molecule has 0 aromatic carbocycles. The van der Waals surface area contributed by atoms with Gasteiger partial charge < -0.3 is 9.64 Å². The van der Waals surface area contributed by atoms with E-state index in [1.165, 1.54) is 18.9 Å². The van der Waals surface area contributed by atoms with Gasteiger partial charge in [0, 0.05) is 43.1 Å². The highest BCUT2D eigenvalue weighted by Crippen LogP contribution is 2.34. The summed E-state index contributed by atoms with van der Waals surface area (Å²) in [5.74, 6) is 1.85. The van der Waals surface area contributed by atoms with E-state index in [0.717, 1.165) is 23.4 Å². The summed E-state index contributed by atoms with van der Waals surface area (Å²) >= 11 is 0. The molecule has 1 unspecified atom stereocenters. The van der Waals surface area contributed by atoms with E-state index in [0.29, 0.717) is 36.5 Å². The van der Waals surface area contributed by atoms with Gasteiger partial charge in [0.15, 0.2) is 5.82 Å². The summed E-state index contributed by atoms with van der Waals surface area (Å²) in [4.78, 5) is 19.8. The first-order valence-electron chi connectivity index (χ1n) is 10.0. The van der Waals surface area contributed by atoms with Gasteiger partial charge in [0.2, 0.25) is 5.95 Å². The fourth-order valence-corrected chi connectivity index (χ4v) is 3.68. The molecule has 1 fully saturated rings. The third-order valence-electron chi connectivity index (χ3n) is 5.53. The maximum atomic E-state index is 14.1. The topological polar surface area (TPSA) is 64.0 Å². The second-order valence-electron chi connectivity index (χ2n) is 7.67. The summed E-state index contributed by atoms with van der Waals surface area (Å²) in [6.45, 7) is 3.41. The first kappa shape index (κ1) is 18.0. The number of rotatable bonds is 5. The van der Waals surface area contributed by atoms with Crippen molar-refractivity contribution < 1.29 is 9.13 Å². The minimum atomic E-state index is -0.520. The van der Waals surface area contributed by atoms with Crippen molar-refractivity contribution in [1.82, 2.24) is 19.9 Å².